The molecule has 1 atom stereocenters. The molecule has 0 aliphatic carbocycles. The van der Waals surface area contributed by atoms with Gasteiger partial charge in [0.1, 0.15) is 5.75 Å². The van der Waals surface area contributed by atoms with E-state index < -0.39 is 0 Å². The van der Waals surface area contributed by atoms with Crippen molar-refractivity contribution in [1.82, 2.24) is 5.32 Å². The average molecular weight is 244 g/mol. The van der Waals surface area contributed by atoms with E-state index in [1.165, 1.54) is 0 Å². The lowest BCUT2D eigenvalue weighted by atomic mass is 10.1. The van der Waals surface area contributed by atoms with Gasteiger partial charge >= 0.3 is 0 Å². The van der Waals surface area contributed by atoms with Gasteiger partial charge in [0.05, 0.1) is 13.7 Å². The van der Waals surface area contributed by atoms with E-state index in [1.54, 1.807) is 7.11 Å². The highest BCUT2D eigenvalue weighted by atomic mass is 35.5. The maximum absolute atomic E-state index is 8.92. The highest BCUT2D eigenvalue weighted by molar-refractivity contribution is 6.31. The van der Waals surface area contributed by atoms with Gasteiger partial charge in [-0.05, 0) is 31.5 Å². The number of aliphatic hydroxyl groups excluding tert-OH is 1. The van der Waals surface area contributed by atoms with Gasteiger partial charge in [-0.25, -0.2) is 0 Å². The normalized spacial score (nSPS) is 12.6. The van der Waals surface area contributed by atoms with Crippen LogP contribution in [0.3, 0.4) is 0 Å². The zero-order chi connectivity index (χ0) is 12.1. The second-order valence-corrected chi connectivity index (χ2v) is 4.28. The van der Waals surface area contributed by atoms with Gasteiger partial charge in [-0.1, -0.05) is 11.6 Å². The van der Waals surface area contributed by atoms with Crippen LogP contribution in [0.4, 0.5) is 0 Å². The number of halogens is 1. The number of methoxy groups -OCH3 is 1. The first-order valence-corrected chi connectivity index (χ1v) is 5.63. The summed E-state index contributed by atoms with van der Waals surface area (Å²) in [6, 6.07) is 3.88. The van der Waals surface area contributed by atoms with Crippen molar-refractivity contribution in [3.63, 3.8) is 0 Å². The van der Waals surface area contributed by atoms with Crippen molar-refractivity contribution in [2.24, 2.45) is 0 Å². The Morgan fingerprint density at radius 2 is 2.19 bits per heavy atom. The third-order valence-corrected chi connectivity index (χ3v) is 2.88. The molecule has 0 heterocycles. The van der Waals surface area contributed by atoms with Crippen LogP contribution in [0.1, 0.15) is 18.1 Å². The molecule has 90 valence electrons. The standard InChI is InChI=1S/C12H18ClNO2/c1-8-4-12(16-3)10(5-11(8)13)6-14-9(2)7-15/h4-5,9,14-15H,6-7H2,1-3H3. The van der Waals surface area contributed by atoms with Crippen LogP contribution in [0.25, 0.3) is 0 Å². The van der Waals surface area contributed by atoms with Gasteiger partial charge in [0.15, 0.2) is 0 Å². The molecular formula is C12H18ClNO2. The summed E-state index contributed by atoms with van der Waals surface area (Å²) in [5.41, 5.74) is 2.00. The Kier molecular flexibility index (Phi) is 5.06. The van der Waals surface area contributed by atoms with Crippen molar-refractivity contribution < 1.29 is 9.84 Å². The van der Waals surface area contributed by atoms with Gasteiger partial charge in [-0.3, -0.25) is 0 Å². The molecule has 0 aliphatic heterocycles. The molecule has 0 saturated carbocycles. The van der Waals surface area contributed by atoms with Crippen LogP contribution in [0, 0.1) is 6.92 Å². The average Bonchev–Trinajstić information content (AvgIpc) is 2.29. The molecule has 0 saturated heterocycles. The first-order chi connectivity index (χ1) is 7.58. The van der Waals surface area contributed by atoms with E-state index in [9.17, 15) is 0 Å². The Morgan fingerprint density at radius 3 is 2.75 bits per heavy atom. The molecule has 4 heteroatoms. The summed E-state index contributed by atoms with van der Waals surface area (Å²) in [7, 11) is 1.64. The number of aryl methyl sites for hydroxylation is 1. The van der Waals surface area contributed by atoms with Crippen molar-refractivity contribution in [3.8, 4) is 5.75 Å². The Balaban J connectivity index is 2.81. The SMILES string of the molecule is COc1cc(C)c(Cl)cc1CNC(C)CO. The topological polar surface area (TPSA) is 41.5 Å². The summed E-state index contributed by atoms with van der Waals surface area (Å²) in [6.07, 6.45) is 0. The van der Waals surface area contributed by atoms with Crippen LogP contribution in [-0.2, 0) is 6.54 Å². The van der Waals surface area contributed by atoms with Gasteiger partial charge < -0.3 is 15.2 Å². The van der Waals surface area contributed by atoms with E-state index in [2.05, 4.69) is 5.32 Å². The molecule has 2 N–H and O–H groups in total. The number of benzene rings is 1. The quantitative estimate of drug-likeness (QED) is 0.833. The first kappa shape index (κ1) is 13.3. The molecular weight excluding hydrogens is 226 g/mol. The molecule has 1 unspecified atom stereocenters. The number of ether oxygens (including phenoxy) is 1. The second kappa shape index (κ2) is 6.09. The molecule has 0 amide bonds. The van der Waals surface area contributed by atoms with Gasteiger partial charge in [0.2, 0.25) is 0 Å². The van der Waals surface area contributed by atoms with Crippen molar-refractivity contribution in [1.29, 1.82) is 0 Å². The van der Waals surface area contributed by atoms with Gasteiger partial charge in [0, 0.05) is 23.2 Å². The van der Waals surface area contributed by atoms with Crippen LogP contribution in [0.2, 0.25) is 5.02 Å². The van der Waals surface area contributed by atoms with Crippen molar-refractivity contribution >= 4 is 11.6 Å². The zero-order valence-corrected chi connectivity index (χ0v) is 10.6. The maximum atomic E-state index is 8.92. The van der Waals surface area contributed by atoms with Gasteiger partial charge in [-0.2, -0.15) is 0 Å². The predicted octanol–water partition coefficient (Wildman–Crippen LogP) is 2.13. The lowest BCUT2D eigenvalue weighted by molar-refractivity contribution is 0.250. The van der Waals surface area contributed by atoms with Gasteiger partial charge in [-0.15, -0.1) is 0 Å². The Labute approximate surface area is 101 Å². The lowest BCUT2D eigenvalue weighted by Crippen LogP contribution is -2.28. The number of hydrogen-bond acceptors (Lipinski definition) is 3. The Bertz CT molecular complexity index is 355. The van der Waals surface area contributed by atoms with E-state index in [-0.39, 0.29) is 12.6 Å². The molecule has 0 bridgehead atoms. The molecule has 0 aromatic heterocycles. The number of aliphatic hydroxyl groups is 1. The molecule has 0 spiro atoms. The minimum Gasteiger partial charge on any atom is -0.496 e. The first-order valence-electron chi connectivity index (χ1n) is 5.25. The van der Waals surface area contributed by atoms with Crippen LogP contribution in [0.5, 0.6) is 5.75 Å². The van der Waals surface area contributed by atoms with Crippen LogP contribution >= 0.6 is 11.6 Å². The molecule has 1 aromatic carbocycles. The van der Waals surface area contributed by atoms with E-state index in [4.69, 9.17) is 21.4 Å². The maximum Gasteiger partial charge on any atom is 0.123 e. The van der Waals surface area contributed by atoms with E-state index >= 15 is 0 Å². The third kappa shape index (κ3) is 3.37. The van der Waals surface area contributed by atoms with Crippen LogP contribution in [-0.4, -0.2) is 24.9 Å². The fourth-order valence-corrected chi connectivity index (χ4v) is 1.56. The van der Waals surface area contributed by atoms with Crippen LogP contribution in [0.15, 0.2) is 12.1 Å². The molecule has 1 rings (SSSR count). The van der Waals surface area contributed by atoms with E-state index in [0.717, 1.165) is 21.9 Å². The monoisotopic (exact) mass is 243 g/mol. The second-order valence-electron chi connectivity index (χ2n) is 3.88. The third-order valence-electron chi connectivity index (χ3n) is 2.48. The molecule has 16 heavy (non-hydrogen) atoms. The largest absolute Gasteiger partial charge is 0.496 e. The Morgan fingerprint density at radius 1 is 1.50 bits per heavy atom. The van der Waals surface area contributed by atoms with E-state index in [1.807, 2.05) is 26.0 Å². The molecule has 0 fully saturated rings. The number of nitrogens with one attached hydrogen (secondary N) is 1. The summed E-state index contributed by atoms with van der Waals surface area (Å²) < 4.78 is 5.29. The number of rotatable bonds is 5. The van der Waals surface area contributed by atoms with Crippen molar-refractivity contribution in [2.45, 2.75) is 26.4 Å². The van der Waals surface area contributed by atoms with Gasteiger partial charge in [0.25, 0.3) is 0 Å². The van der Waals surface area contributed by atoms with Crippen molar-refractivity contribution in [3.05, 3.63) is 28.3 Å². The molecule has 0 radical (unpaired) electrons. The highest BCUT2D eigenvalue weighted by Crippen LogP contribution is 2.26. The van der Waals surface area contributed by atoms with Crippen LogP contribution < -0.4 is 10.1 Å². The highest BCUT2D eigenvalue weighted by Gasteiger charge is 2.08. The molecule has 1 aromatic rings. The fraction of sp³-hybridized carbons (Fsp3) is 0.500. The summed E-state index contributed by atoms with van der Waals surface area (Å²) in [6.45, 7) is 4.60. The lowest BCUT2D eigenvalue weighted by Gasteiger charge is -2.14. The zero-order valence-electron chi connectivity index (χ0n) is 9.88. The number of hydrogen-bond donors (Lipinski definition) is 2. The summed E-state index contributed by atoms with van der Waals surface area (Å²) in [4.78, 5) is 0. The minimum absolute atomic E-state index is 0.0600. The molecule has 3 nitrogen and oxygen atoms in total. The smallest absolute Gasteiger partial charge is 0.123 e. The summed E-state index contributed by atoms with van der Waals surface area (Å²) in [5.74, 6) is 0.819. The van der Waals surface area contributed by atoms with Crippen molar-refractivity contribution in [2.75, 3.05) is 13.7 Å². The summed E-state index contributed by atoms with van der Waals surface area (Å²) in [5, 5.41) is 12.8. The summed E-state index contributed by atoms with van der Waals surface area (Å²) >= 11 is 6.06. The molecule has 0 aliphatic rings. The predicted molar refractivity (Wildman–Crippen MR) is 66.1 cm³/mol. The fourth-order valence-electron chi connectivity index (χ4n) is 1.37. The Hall–Kier alpha value is -0.770. The minimum atomic E-state index is 0.0600. The van der Waals surface area contributed by atoms with E-state index in [0.29, 0.717) is 6.54 Å².